The first kappa shape index (κ1) is 14.6. The quantitative estimate of drug-likeness (QED) is 0.646. The molecule has 0 fully saturated rings. The summed E-state index contributed by atoms with van der Waals surface area (Å²) in [6.45, 7) is 0.0737. The van der Waals surface area contributed by atoms with Crippen molar-refractivity contribution in [1.29, 1.82) is 0 Å². The molecule has 19 heavy (non-hydrogen) atoms. The van der Waals surface area contributed by atoms with Crippen LogP contribution in [0.5, 0.6) is 5.75 Å². The molecule has 0 N–H and O–H groups in total. The fraction of sp³-hybridized carbons (Fsp3) is 0.143. The maximum absolute atomic E-state index is 13.6. The lowest BCUT2D eigenvalue weighted by atomic mass is 10.2. The first-order valence-electron chi connectivity index (χ1n) is 5.52. The second-order valence-electron chi connectivity index (χ2n) is 3.89. The highest BCUT2D eigenvalue weighted by molar-refractivity contribution is 9.10. The summed E-state index contributed by atoms with van der Waals surface area (Å²) in [5.74, 6) is 0.673. The molecule has 0 aliphatic heterocycles. The van der Waals surface area contributed by atoms with Gasteiger partial charge in [-0.15, -0.1) is 11.6 Å². The van der Waals surface area contributed by atoms with E-state index in [2.05, 4.69) is 15.9 Å². The summed E-state index contributed by atoms with van der Waals surface area (Å²) >= 11 is 15.1. The zero-order chi connectivity index (χ0) is 13.8. The van der Waals surface area contributed by atoms with Gasteiger partial charge in [0.2, 0.25) is 0 Å². The molecule has 5 heteroatoms. The second kappa shape index (κ2) is 6.60. The van der Waals surface area contributed by atoms with Crippen molar-refractivity contribution in [3.63, 3.8) is 0 Å². The van der Waals surface area contributed by atoms with Gasteiger partial charge in [0.05, 0.1) is 9.50 Å². The Balaban J connectivity index is 2.15. The standard InChI is InChI=1S/C14H10BrCl2FO/c15-11-6-9(7-16)4-5-14(11)19-8-10-12(17)2-1-3-13(10)18/h1-6H,7-8H2. The number of ether oxygens (including phenoxy) is 1. The zero-order valence-corrected chi connectivity index (χ0v) is 12.9. The van der Waals surface area contributed by atoms with Gasteiger partial charge in [-0.25, -0.2) is 4.39 Å². The molecule has 0 heterocycles. The summed E-state index contributed by atoms with van der Waals surface area (Å²) < 4.78 is 19.9. The predicted octanol–water partition coefficient (Wildman–Crippen LogP) is 5.56. The summed E-state index contributed by atoms with van der Waals surface area (Å²) in [7, 11) is 0. The van der Waals surface area contributed by atoms with Crippen LogP contribution in [0, 0.1) is 5.82 Å². The molecule has 0 radical (unpaired) electrons. The number of hydrogen-bond donors (Lipinski definition) is 0. The fourth-order valence-corrected chi connectivity index (χ4v) is 2.49. The smallest absolute Gasteiger partial charge is 0.134 e. The topological polar surface area (TPSA) is 9.23 Å². The van der Waals surface area contributed by atoms with Crippen LogP contribution in [0.4, 0.5) is 4.39 Å². The molecule has 0 unspecified atom stereocenters. The van der Waals surface area contributed by atoms with Gasteiger partial charge in [0, 0.05) is 11.4 Å². The largest absolute Gasteiger partial charge is 0.488 e. The van der Waals surface area contributed by atoms with Crippen molar-refractivity contribution in [2.75, 3.05) is 0 Å². The van der Waals surface area contributed by atoms with E-state index in [9.17, 15) is 4.39 Å². The molecule has 0 aromatic heterocycles. The third-order valence-electron chi connectivity index (χ3n) is 2.58. The Bertz CT molecular complexity index is 569. The molecule has 0 bridgehead atoms. The normalized spacial score (nSPS) is 10.5. The summed E-state index contributed by atoms with van der Waals surface area (Å²) in [4.78, 5) is 0. The van der Waals surface area contributed by atoms with E-state index in [0.717, 1.165) is 10.0 Å². The van der Waals surface area contributed by atoms with Gasteiger partial charge in [0.1, 0.15) is 18.2 Å². The van der Waals surface area contributed by atoms with Gasteiger partial charge in [-0.2, -0.15) is 0 Å². The van der Waals surface area contributed by atoms with Gasteiger partial charge in [-0.3, -0.25) is 0 Å². The van der Waals surface area contributed by atoms with Crippen molar-refractivity contribution in [1.82, 2.24) is 0 Å². The molecule has 2 rings (SSSR count). The lowest BCUT2D eigenvalue weighted by Gasteiger charge is -2.11. The predicted molar refractivity (Wildman–Crippen MR) is 79.4 cm³/mol. The van der Waals surface area contributed by atoms with Crippen LogP contribution in [0.3, 0.4) is 0 Å². The van der Waals surface area contributed by atoms with E-state index < -0.39 is 0 Å². The maximum Gasteiger partial charge on any atom is 0.134 e. The molecule has 0 saturated carbocycles. The minimum Gasteiger partial charge on any atom is -0.488 e. The van der Waals surface area contributed by atoms with E-state index >= 15 is 0 Å². The highest BCUT2D eigenvalue weighted by atomic mass is 79.9. The molecule has 0 aliphatic rings. The molecular formula is C14H10BrCl2FO. The van der Waals surface area contributed by atoms with Crippen LogP contribution in [-0.4, -0.2) is 0 Å². The molecule has 2 aromatic rings. The third kappa shape index (κ3) is 3.62. The minimum absolute atomic E-state index is 0.0737. The van der Waals surface area contributed by atoms with E-state index in [1.807, 2.05) is 12.1 Å². The molecule has 0 spiro atoms. The SMILES string of the molecule is Fc1cccc(Cl)c1COc1ccc(CCl)cc1Br. The number of halogens is 4. The molecule has 0 aliphatic carbocycles. The lowest BCUT2D eigenvalue weighted by molar-refractivity contribution is 0.298. The van der Waals surface area contributed by atoms with E-state index in [0.29, 0.717) is 22.2 Å². The van der Waals surface area contributed by atoms with Crippen molar-refractivity contribution in [2.24, 2.45) is 0 Å². The fourth-order valence-electron chi connectivity index (χ4n) is 1.56. The summed E-state index contributed by atoms with van der Waals surface area (Å²) in [6, 6.07) is 10.1. The zero-order valence-electron chi connectivity index (χ0n) is 9.80. The van der Waals surface area contributed by atoms with Crippen LogP contribution >= 0.6 is 39.1 Å². The first-order valence-corrected chi connectivity index (χ1v) is 7.22. The molecule has 0 atom stereocenters. The Morgan fingerprint density at radius 3 is 2.63 bits per heavy atom. The number of rotatable bonds is 4. The van der Waals surface area contributed by atoms with Crippen LogP contribution < -0.4 is 4.74 Å². The van der Waals surface area contributed by atoms with Gasteiger partial charge in [-0.1, -0.05) is 23.7 Å². The number of hydrogen-bond acceptors (Lipinski definition) is 1. The molecule has 100 valence electrons. The van der Waals surface area contributed by atoms with Crippen molar-refractivity contribution >= 4 is 39.1 Å². The summed E-state index contributed by atoms with van der Waals surface area (Å²) in [6.07, 6.45) is 0. The Hall–Kier alpha value is -0.770. The van der Waals surface area contributed by atoms with Crippen LogP contribution in [-0.2, 0) is 12.5 Å². The summed E-state index contributed by atoms with van der Waals surface area (Å²) in [5.41, 5.74) is 1.32. The van der Waals surface area contributed by atoms with Crippen molar-refractivity contribution in [3.05, 3.63) is 62.8 Å². The van der Waals surface area contributed by atoms with Crippen LogP contribution in [0.1, 0.15) is 11.1 Å². The highest BCUT2D eigenvalue weighted by Crippen LogP contribution is 2.28. The van der Waals surface area contributed by atoms with E-state index in [1.54, 1.807) is 18.2 Å². The Kier molecular flexibility index (Phi) is 5.08. The van der Waals surface area contributed by atoms with Gasteiger partial charge >= 0.3 is 0 Å². The van der Waals surface area contributed by atoms with Crippen LogP contribution in [0.25, 0.3) is 0 Å². The van der Waals surface area contributed by atoms with Crippen LogP contribution in [0.2, 0.25) is 5.02 Å². The lowest BCUT2D eigenvalue weighted by Crippen LogP contribution is -2.00. The average Bonchev–Trinajstić information content (AvgIpc) is 2.39. The van der Waals surface area contributed by atoms with E-state index in [4.69, 9.17) is 27.9 Å². The van der Waals surface area contributed by atoms with Gasteiger partial charge in [0.25, 0.3) is 0 Å². The molecule has 0 amide bonds. The Morgan fingerprint density at radius 2 is 2.00 bits per heavy atom. The van der Waals surface area contributed by atoms with Gasteiger partial charge in [-0.05, 0) is 45.8 Å². The molecule has 2 aromatic carbocycles. The second-order valence-corrected chi connectivity index (χ2v) is 5.42. The average molecular weight is 364 g/mol. The molecule has 1 nitrogen and oxygen atoms in total. The highest BCUT2D eigenvalue weighted by Gasteiger charge is 2.09. The summed E-state index contributed by atoms with van der Waals surface area (Å²) in [5, 5.41) is 0.355. The number of benzene rings is 2. The monoisotopic (exact) mass is 362 g/mol. The Labute approximate surface area is 129 Å². The molecule has 0 saturated heterocycles. The first-order chi connectivity index (χ1) is 9.11. The molecular weight excluding hydrogens is 354 g/mol. The minimum atomic E-state index is -0.374. The third-order valence-corrected chi connectivity index (χ3v) is 3.87. The van der Waals surface area contributed by atoms with E-state index in [-0.39, 0.29) is 12.4 Å². The maximum atomic E-state index is 13.6. The van der Waals surface area contributed by atoms with Crippen molar-refractivity contribution in [2.45, 2.75) is 12.5 Å². The van der Waals surface area contributed by atoms with E-state index in [1.165, 1.54) is 6.07 Å². The number of alkyl halides is 1. The Morgan fingerprint density at radius 1 is 1.21 bits per heavy atom. The van der Waals surface area contributed by atoms with Crippen LogP contribution in [0.15, 0.2) is 40.9 Å². The van der Waals surface area contributed by atoms with Crippen molar-refractivity contribution < 1.29 is 9.13 Å². The van der Waals surface area contributed by atoms with Crippen molar-refractivity contribution in [3.8, 4) is 5.75 Å². The van der Waals surface area contributed by atoms with Gasteiger partial charge in [0.15, 0.2) is 0 Å². The van der Waals surface area contributed by atoms with Gasteiger partial charge < -0.3 is 4.74 Å².